The van der Waals surface area contributed by atoms with Gasteiger partial charge in [0.1, 0.15) is 5.75 Å². The Morgan fingerprint density at radius 1 is 1.07 bits per heavy atom. The molecule has 6 heteroatoms. The molecule has 1 heterocycles. The van der Waals surface area contributed by atoms with Gasteiger partial charge in [0.15, 0.2) is 17.5 Å². The molecule has 0 unspecified atom stereocenters. The second-order valence-corrected chi connectivity index (χ2v) is 6.57. The first-order chi connectivity index (χ1) is 13.1. The van der Waals surface area contributed by atoms with Crippen molar-refractivity contribution in [2.75, 3.05) is 25.6 Å². The molecule has 1 aliphatic rings. The van der Waals surface area contributed by atoms with Crippen LogP contribution in [0, 0.1) is 0 Å². The van der Waals surface area contributed by atoms with Crippen molar-refractivity contribution in [1.82, 2.24) is 5.32 Å². The van der Waals surface area contributed by atoms with Crippen molar-refractivity contribution in [3.8, 4) is 17.2 Å². The third-order valence-electron chi connectivity index (χ3n) is 3.99. The standard InChI is InChI=1S/C21H27N3O3/c1-15(2)27-18-8-5-16(6-9-18)14-23-21(22-3)24-17-7-10-19-20(13-17)26-12-4-11-25-19/h5-10,13,15H,4,11-12,14H2,1-3H3,(H2,22,23,24). The fourth-order valence-corrected chi connectivity index (χ4v) is 2.70. The minimum absolute atomic E-state index is 0.173. The highest BCUT2D eigenvalue weighted by Gasteiger charge is 2.11. The lowest BCUT2D eigenvalue weighted by Gasteiger charge is -2.14. The second-order valence-electron chi connectivity index (χ2n) is 6.57. The van der Waals surface area contributed by atoms with Gasteiger partial charge in [0, 0.05) is 31.8 Å². The van der Waals surface area contributed by atoms with Crippen molar-refractivity contribution in [3.05, 3.63) is 48.0 Å². The van der Waals surface area contributed by atoms with Crippen LogP contribution in [0.25, 0.3) is 0 Å². The molecule has 2 N–H and O–H groups in total. The van der Waals surface area contributed by atoms with Crippen molar-refractivity contribution in [3.63, 3.8) is 0 Å². The molecule has 0 atom stereocenters. The smallest absolute Gasteiger partial charge is 0.195 e. The molecule has 0 aliphatic carbocycles. The predicted octanol–water partition coefficient (Wildman–Crippen LogP) is 3.82. The molecule has 1 aliphatic heterocycles. The summed E-state index contributed by atoms with van der Waals surface area (Å²) in [6.45, 7) is 6.05. The van der Waals surface area contributed by atoms with Crippen molar-refractivity contribution in [2.24, 2.45) is 4.99 Å². The number of guanidine groups is 1. The van der Waals surface area contributed by atoms with Crippen molar-refractivity contribution >= 4 is 11.6 Å². The summed E-state index contributed by atoms with van der Waals surface area (Å²) in [4.78, 5) is 4.28. The number of ether oxygens (including phenoxy) is 3. The fraction of sp³-hybridized carbons (Fsp3) is 0.381. The van der Waals surface area contributed by atoms with E-state index in [9.17, 15) is 0 Å². The lowest BCUT2D eigenvalue weighted by atomic mass is 10.2. The lowest BCUT2D eigenvalue weighted by Crippen LogP contribution is -2.30. The second kappa shape index (κ2) is 9.16. The molecule has 0 radical (unpaired) electrons. The van der Waals surface area contributed by atoms with E-state index in [0.717, 1.165) is 34.9 Å². The normalized spacial score (nSPS) is 13.9. The first-order valence-corrected chi connectivity index (χ1v) is 9.27. The third-order valence-corrected chi connectivity index (χ3v) is 3.99. The first-order valence-electron chi connectivity index (χ1n) is 9.27. The quantitative estimate of drug-likeness (QED) is 0.620. The molecule has 2 aromatic rings. The van der Waals surface area contributed by atoms with Gasteiger partial charge in [-0.1, -0.05) is 12.1 Å². The summed E-state index contributed by atoms with van der Waals surface area (Å²) in [5.41, 5.74) is 2.04. The molecule has 2 aromatic carbocycles. The van der Waals surface area contributed by atoms with Crippen molar-refractivity contribution in [1.29, 1.82) is 0 Å². The molecular weight excluding hydrogens is 342 g/mol. The van der Waals surface area contributed by atoms with E-state index in [1.54, 1.807) is 7.05 Å². The largest absolute Gasteiger partial charge is 0.491 e. The highest BCUT2D eigenvalue weighted by atomic mass is 16.5. The van der Waals surface area contributed by atoms with E-state index in [0.29, 0.717) is 25.7 Å². The minimum Gasteiger partial charge on any atom is -0.491 e. The molecule has 6 nitrogen and oxygen atoms in total. The van der Waals surface area contributed by atoms with Crippen LogP contribution in [0.5, 0.6) is 17.2 Å². The summed E-state index contributed by atoms with van der Waals surface area (Å²) < 4.78 is 17.1. The Morgan fingerprint density at radius 3 is 2.52 bits per heavy atom. The lowest BCUT2D eigenvalue weighted by molar-refractivity contribution is 0.242. The van der Waals surface area contributed by atoms with Crippen LogP contribution in [0.1, 0.15) is 25.8 Å². The highest BCUT2D eigenvalue weighted by molar-refractivity contribution is 5.93. The Hall–Kier alpha value is -2.89. The van der Waals surface area contributed by atoms with Crippen molar-refractivity contribution in [2.45, 2.75) is 32.9 Å². The number of benzene rings is 2. The predicted molar refractivity (Wildman–Crippen MR) is 108 cm³/mol. The number of fused-ring (bicyclic) bond motifs is 1. The number of aliphatic imine (C=N–C) groups is 1. The summed E-state index contributed by atoms with van der Waals surface area (Å²) >= 11 is 0. The minimum atomic E-state index is 0.173. The molecule has 0 saturated carbocycles. The number of anilines is 1. The van der Waals surface area contributed by atoms with E-state index in [1.165, 1.54) is 0 Å². The Bertz CT molecular complexity index is 773. The van der Waals surface area contributed by atoms with Gasteiger partial charge in [-0.05, 0) is 43.7 Å². The topological polar surface area (TPSA) is 64.1 Å². The average Bonchev–Trinajstić information content (AvgIpc) is 2.90. The van der Waals surface area contributed by atoms with E-state index >= 15 is 0 Å². The van der Waals surface area contributed by atoms with Crippen LogP contribution < -0.4 is 24.8 Å². The Kier molecular flexibility index (Phi) is 6.41. The zero-order valence-electron chi connectivity index (χ0n) is 16.1. The van der Waals surface area contributed by atoms with Crippen LogP contribution in [0.3, 0.4) is 0 Å². The molecule has 27 heavy (non-hydrogen) atoms. The van der Waals surface area contributed by atoms with Gasteiger partial charge < -0.3 is 24.8 Å². The number of nitrogens with zero attached hydrogens (tertiary/aromatic N) is 1. The summed E-state index contributed by atoms with van der Waals surface area (Å²) in [5.74, 6) is 3.11. The maximum Gasteiger partial charge on any atom is 0.195 e. The highest BCUT2D eigenvalue weighted by Crippen LogP contribution is 2.32. The van der Waals surface area contributed by atoms with E-state index < -0.39 is 0 Å². The SMILES string of the molecule is CN=C(NCc1ccc(OC(C)C)cc1)Nc1ccc2c(c1)OCCCO2. The average molecular weight is 369 g/mol. The molecule has 0 fully saturated rings. The van der Waals surface area contributed by atoms with Crippen LogP contribution in [0.2, 0.25) is 0 Å². The Balaban J connectivity index is 1.57. The summed E-state index contributed by atoms with van der Waals surface area (Å²) in [6.07, 6.45) is 1.06. The number of rotatable bonds is 5. The monoisotopic (exact) mass is 369 g/mol. The van der Waals surface area contributed by atoms with Gasteiger partial charge in [-0.2, -0.15) is 0 Å². The van der Waals surface area contributed by atoms with Gasteiger partial charge in [-0.3, -0.25) is 4.99 Å². The number of hydrogen-bond acceptors (Lipinski definition) is 4. The van der Waals surface area contributed by atoms with Crippen LogP contribution in [0.15, 0.2) is 47.5 Å². The van der Waals surface area contributed by atoms with Crippen LogP contribution >= 0.6 is 0 Å². The van der Waals surface area contributed by atoms with Gasteiger partial charge in [-0.25, -0.2) is 0 Å². The van der Waals surface area contributed by atoms with Gasteiger partial charge in [0.05, 0.1) is 19.3 Å². The Labute approximate surface area is 160 Å². The van der Waals surface area contributed by atoms with Gasteiger partial charge >= 0.3 is 0 Å². The van der Waals surface area contributed by atoms with E-state index in [4.69, 9.17) is 14.2 Å². The fourth-order valence-electron chi connectivity index (χ4n) is 2.70. The van der Waals surface area contributed by atoms with Gasteiger partial charge in [0.25, 0.3) is 0 Å². The first kappa shape index (κ1) is 18.9. The maximum atomic E-state index is 5.74. The van der Waals surface area contributed by atoms with E-state index in [2.05, 4.69) is 15.6 Å². The zero-order chi connectivity index (χ0) is 19.1. The van der Waals surface area contributed by atoms with Crippen LogP contribution in [-0.4, -0.2) is 32.3 Å². The molecule has 0 saturated heterocycles. The zero-order valence-corrected chi connectivity index (χ0v) is 16.1. The number of nitrogens with one attached hydrogen (secondary N) is 2. The Morgan fingerprint density at radius 2 is 1.81 bits per heavy atom. The molecule has 3 rings (SSSR count). The maximum absolute atomic E-state index is 5.74. The summed E-state index contributed by atoms with van der Waals surface area (Å²) in [5, 5.41) is 6.60. The summed E-state index contributed by atoms with van der Waals surface area (Å²) in [7, 11) is 1.75. The molecule has 0 aromatic heterocycles. The van der Waals surface area contributed by atoms with E-state index in [-0.39, 0.29) is 6.10 Å². The molecule has 0 bridgehead atoms. The van der Waals surface area contributed by atoms with Crippen molar-refractivity contribution < 1.29 is 14.2 Å². The van der Waals surface area contributed by atoms with E-state index in [1.807, 2.05) is 56.3 Å². The molecule has 0 amide bonds. The van der Waals surface area contributed by atoms with Gasteiger partial charge in [0.2, 0.25) is 0 Å². The number of hydrogen-bond donors (Lipinski definition) is 2. The third kappa shape index (κ3) is 5.54. The summed E-state index contributed by atoms with van der Waals surface area (Å²) in [6, 6.07) is 13.9. The van der Waals surface area contributed by atoms with Gasteiger partial charge in [-0.15, -0.1) is 0 Å². The molecule has 0 spiro atoms. The molecule has 144 valence electrons. The molecular formula is C21H27N3O3. The van der Waals surface area contributed by atoms with Crippen LogP contribution in [-0.2, 0) is 6.54 Å². The van der Waals surface area contributed by atoms with Crippen LogP contribution in [0.4, 0.5) is 5.69 Å².